The summed E-state index contributed by atoms with van der Waals surface area (Å²) in [6.07, 6.45) is 0. The van der Waals surface area contributed by atoms with Gasteiger partial charge in [-0.25, -0.2) is 0 Å². The van der Waals surface area contributed by atoms with E-state index in [4.69, 9.17) is 32.7 Å². The number of hydrogen-bond acceptors (Lipinski definition) is 3. The summed E-state index contributed by atoms with van der Waals surface area (Å²) in [6, 6.07) is 11.1. The van der Waals surface area contributed by atoms with E-state index in [2.05, 4.69) is 5.32 Å². The lowest BCUT2D eigenvalue weighted by atomic mass is 10.2. The standard InChI is InChI=1S/C14H11Cl2NO2/c15-10-2-1-3-11(14(10)16)17-9-4-5-12-13(8-9)19-7-6-18-12/h1-5,8,17H,6-7H2. The largest absolute Gasteiger partial charge is 0.486 e. The van der Waals surface area contributed by atoms with E-state index in [9.17, 15) is 0 Å². The molecule has 2 aromatic carbocycles. The Bertz CT molecular complexity index is 616. The number of rotatable bonds is 2. The van der Waals surface area contributed by atoms with Gasteiger partial charge in [0.05, 0.1) is 15.7 Å². The summed E-state index contributed by atoms with van der Waals surface area (Å²) in [5, 5.41) is 4.23. The molecule has 5 heteroatoms. The first kappa shape index (κ1) is 12.5. The molecule has 1 aliphatic rings. The molecule has 2 aromatic rings. The summed E-state index contributed by atoms with van der Waals surface area (Å²) in [4.78, 5) is 0. The van der Waals surface area contributed by atoms with Gasteiger partial charge in [0.15, 0.2) is 11.5 Å². The highest BCUT2D eigenvalue weighted by molar-refractivity contribution is 6.43. The van der Waals surface area contributed by atoms with E-state index in [1.54, 1.807) is 6.07 Å². The van der Waals surface area contributed by atoms with E-state index in [0.717, 1.165) is 22.9 Å². The highest BCUT2D eigenvalue weighted by Gasteiger charge is 2.12. The zero-order chi connectivity index (χ0) is 13.2. The Morgan fingerprint density at radius 1 is 0.947 bits per heavy atom. The van der Waals surface area contributed by atoms with Crippen LogP contribution in [-0.2, 0) is 0 Å². The Kier molecular flexibility index (Phi) is 3.40. The third-order valence-electron chi connectivity index (χ3n) is 2.77. The number of anilines is 2. The molecule has 0 unspecified atom stereocenters. The van der Waals surface area contributed by atoms with Gasteiger partial charge in [0.25, 0.3) is 0 Å². The Hall–Kier alpha value is -1.58. The highest BCUT2D eigenvalue weighted by Crippen LogP contribution is 2.36. The molecule has 1 heterocycles. The van der Waals surface area contributed by atoms with Crippen molar-refractivity contribution < 1.29 is 9.47 Å². The van der Waals surface area contributed by atoms with Crippen LogP contribution in [0.2, 0.25) is 10.0 Å². The van der Waals surface area contributed by atoms with Crippen molar-refractivity contribution in [2.75, 3.05) is 18.5 Å². The summed E-state index contributed by atoms with van der Waals surface area (Å²) in [5.41, 5.74) is 1.62. The molecule has 0 radical (unpaired) electrons. The van der Waals surface area contributed by atoms with Crippen LogP contribution in [0, 0.1) is 0 Å². The Morgan fingerprint density at radius 3 is 2.58 bits per heavy atom. The zero-order valence-electron chi connectivity index (χ0n) is 9.95. The highest BCUT2D eigenvalue weighted by atomic mass is 35.5. The fourth-order valence-corrected chi connectivity index (χ4v) is 2.22. The van der Waals surface area contributed by atoms with Gasteiger partial charge in [-0.2, -0.15) is 0 Å². The van der Waals surface area contributed by atoms with Crippen molar-refractivity contribution in [1.29, 1.82) is 0 Å². The van der Waals surface area contributed by atoms with E-state index in [-0.39, 0.29) is 0 Å². The molecule has 0 saturated carbocycles. The number of benzene rings is 2. The molecule has 0 bridgehead atoms. The first-order valence-electron chi connectivity index (χ1n) is 5.85. The topological polar surface area (TPSA) is 30.5 Å². The molecule has 98 valence electrons. The molecule has 0 aromatic heterocycles. The van der Waals surface area contributed by atoms with Crippen LogP contribution in [-0.4, -0.2) is 13.2 Å². The van der Waals surface area contributed by atoms with Gasteiger partial charge in [0.2, 0.25) is 0 Å². The molecule has 3 nitrogen and oxygen atoms in total. The molecule has 0 atom stereocenters. The van der Waals surface area contributed by atoms with Crippen LogP contribution < -0.4 is 14.8 Å². The second-order valence-electron chi connectivity index (χ2n) is 4.08. The minimum absolute atomic E-state index is 0.499. The van der Waals surface area contributed by atoms with Crippen LogP contribution in [0.1, 0.15) is 0 Å². The summed E-state index contributed by atoms with van der Waals surface area (Å²) in [6.45, 7) is 1.15. The van der Waals surface area contributed by atoms with Crippen LogP contribution >= 0.6 is 23.2 Å². The van der Waals surface area contributed by atoms with Gasteiger partial charge < -0.3 is 14.8 Å². The van der Waals surface area contributed by atoms with E-state index < -0.39 is 0 Å². The van der Waals surface area contributed by atoms with E-state index in [1.165, 1.54) is 0 Å². The maximum absolute atomic E-state index is 6.14. The maximum atomic E-state index is 6.14. The summed E-state index contributed by atoms with van der Waals surface area (Å²) in [5.74, 6) is 1.49. The molecular formula is C14H11Cl2NO2. The van der Waals surface area contributed by atoms with Crippen LogP contribution in [0.5, 0.6) is 11.5 Å². The zero-order valence-corrected chi connectivity index (χ0v) is 11.5. The average molecular weight is 296 g/mol. The monoisotopic (exact) mass is 295 g/mol. The maximum Gasteiger partial charge on any atom is 0.163 e. The summed E-state index contributed by atoms with van der Waals surface area (Å²) in [7, 11) is 0. The van der Waals surface area contributed by atoms with Crippen LogP contribution in [0.15, 0.2) is 36.4 Å². The molecular weight excluding hydrogens is 285 g/mol. The molecule has 0 aliphatic carbocycles. The van der Waals surface area contributed by atoms with E-state index in [0.29, 0.717) is 23.3 Å². The third-order valence-corrected chi connectivity index (χ3v) is 3.59. The number of fused-ring (bicyclic) bond motifs is 1. The smallest absolute Gasteiger partial charge is 0.163 e. The van der Waals surface area contributed by atoms with Crippen LogP contribution in [0.25, 0.3) is 0 Å². The minimum atomic E-state index is 0.499. The number of halogens is 2. The Balaban J connectivity index is 1.89. The van der Waals surface area contributed by atoms with Gasteiger partial charge >= 0.3 is 0 Å². The first-order valence-corrected chi connectivity index (χ1v) is 6.60. The van der Waals surface area contributed by atoms with Crippen molar-refractivity contribution in [3.63, 3.8) is 0 Å². The van der Waals surface area contributed by atoms with Crippen LogP contribution in [0.4, 0.5) is 11.4 Å². The van der Waals surface area contributed by atoms with Crippen molar-refractivity contribution >= 4 is 34.6 Å². The summed E-state index contributed by atoms with van der Waals surface area (Å²) >= 11 is 12.1. The van der Waals surface area contributed by atoms with Gasteiger partial charge in [0.1, 0.15) is 13.2 Å². The van der Waals surface area contributed by atoms with E-state index >= 15 is 0 Å². The Morgan fingerprint density at radius 2 is 1.74 bits per heavy atom. The van der Waals surface area contributed by atoms with Gasteiger partial charge in [-0.05, 0) is 24.3 Å². The second-order valence-corrected chi connectivity index (χ2v) is 4.87. The number of ether oxygens (including phenoxy) is 2. The molecule has 0 amide bonds. The molecule has 0 saturated heterocycles. The molecule has 1 aliphatic heterocycles. The van der Waals surface area contributed by atoms with Gasteiger partial charge in [-0.3, -0.25) is 0 Å². The molecule has 3 rings (SSSR count). The Labute approximate surface area is 121 Å². The minimum Gasteiger partial charge on any atom is -0.486 e. The van der Waals surface area contributed by atoms with E-state index in [1.807, 2.05) is 30.3 Å². The molecule has 19 heavy (non-hydrogen) atoms. The van der Waals surface area contributed by atoms with Crippen molar-refractivity contribution in [3.8, 4) is 11.5 Å². The number of nitrogens with one attached hydrogen (secondary N) is 1. The van der Waals surface area contributed by atoms with Crippen LogP contribution in [0.3, 0.4) is 0 Å². The van der Waals surface area contributed by atoms with Crippen molar-refractivity contribution in [3.05, 3.63) is 46.4 Å². The first-order chi connectivity index (χ1) is 9.24. The van der Waals surface area contributed by atoms with Gasteiger partial charge in [-0.1, -0.05) is 29.3 Å². The van der Waals surface area contributed by atoms with Gasteiger partial charge in [-0.15, -0.1) is 0 Å². The lowest BCUT2D eigenvalue weighted by Gasteiger charge is -2.19. The predicted molar refractivity (Wildman–Crippen MR) is 77.2 cm³/mol. The SMILES string of the molecule is Clc1cccc(Nc2ccc3c(c2)OCCO3)c1Cl. The normalized spacial score (nSPS) is 13.2. The average Bonchev–Trinajstić information content (AvgIpc) is 2.44. The lowest BCUT2D eigenvalue weighted by Crippen LogP contribution is -2.15. The number of hydrogen-bond donors (Lipinski definition) is 1. The molecule has 1 N–H and O–H groups in total. The van der Waals surface area contributed by atoms with Crippen molar-refractivity contribution in [2.24, 2.45) is 0 Å². The molecule has 0 fully saturated rings. The lowest BCUT2D eigenvalue weighted by molar-refractivity contribution is 0.171. The fourth-order valence-electron chi connectivity index (χ4n) is 1.88. The van der Waals surface area contributed by atoms with Crippen molar-refractivity contribution in [1.82, 2.24) is 0 Å². The third kappa shape index (κ3) is 2.57. The fraction of sp³-hybridized carbons (Fsp3) is 0.143. The van der Waals surface area contributed by atoms with Gasteiger partial charge in [0, 0.05) is 11.8 Å². The predicted octanol–water partition coefficient (Wildman–Crippen LogP) is 4.51. The quantitative estimate of drug-likeness (QED) is 0.884. The summed E-state index contributed by atoms with van der Waals surface area (Å²) < 4.78 is 11.0. The second kappa shape index (κ2) is 5.19. The molecule has 0 spiro atoms. The van der Waals surface area contributed by atoms with Crippen molar-refractivity contribution in [2.45, 2.75) is 0 Å².